The largest absolute Gasteiger partial charge is 0.198 e. The number of hydrogen-bond acceptors (Lipinski definition) is 1. The Morgan fingerprint density at radius 3 is 2.75 bits per heavy atom. The number of aryl methyl sites for hydroxylation is 1. The lowest BCUT2D eigenvalue weighted by molar-refractivity contribution is 1.11. The van der Waals surface area contributed by atoms with Crippen LogP contribution in [0.4, 0.5) is 0 Å². The quantitative estimate of drug-likeness (QED) is 0.757. The first-order valence-corrected chi connectivity index (χ1v) is 4.71. The van der Waals surface area contributed by atoms with E-state index in [1.54, 1.807) is 0 Å². The number of nitriles is 1. The molecule has 0 aromatic heterocycles. The molecule has 0 N–H and O–H groups in total. The molecule has 0 radical (unpaired) electrons. The Morgan fingerprint density at radius 2 is 2.25 bits per heavy atom. The van der Waals surface area contributed by atoms with Gasteiger partial charge in [-0.3, -0.25) is 0 Å². The average Bonchev–Trinajstić information content (AvgIpc) is 2.05. The minimum absolute atomic E-state index is 0.489. The van der Waals surface area contributed by atoms with E-state index < -0.39 is 0 Å². The van der Waals surface area contributed by atoms with Crippen molar-refractivity contribution in [2.45, 2.75) is 19.8 Å². The number of benzene rings is 1. The molecule has 0 bridgehead atoms. The van der Waals surface area contributed by atoms with Crippen molar-refractivity contribution in [2.24, 2.45) is 0 Å². The molecule has 0 saturated carbocycles. The van der Waals surface area contributed by atoms with Gasteiger partial charge in [0.2, 0.25) is 0 Å². The molecule has 0 saturated heterocycles. The molecule has 0 aliphatic heterocycles. The smallest absolute Gasteiger partial charge is 0.0669 e. The summed E-state index contributed by atoms with van der Waals surface area (Å²) in [4.78, 5) is 0. The molecule has 12 heavy (non-hydrogen) atoms. The van der Waals surface area contributed by atoms with Crippen LogP contribution in [0, 0.1) is 11.3 Å². The van der Waals surface area contributed by atoms with Gasteiger partial charge in [-0.2, -0.15) is 5.26 Å². The monoisotopic (exact) mass is 223 g/mol. The number of halogens is 1. The van der Waals surface area contributed by atoms with Crippen LogP contribution in [0.25, 0.3) is 0 Å². The lowest BCUT2D eigenvalue weighted by Gasteiger charge is -2.01. The molecule has 0 atom stereocenters. The molecular weight excluding hydrogens is 214 g/mol. The summed E-state index contributed by atoms with van der Waals surface area (Å²) in [5, 5.41) is 8.47. The van der Waals surface area contributed by atoms with E-state index in [1.165, 1.54) is 5.56 Å². The molecule has 1 aromatic carbocycles. The van der Waals surface area contributed by atoms with Crippen molar-refractivity contribution in [3.05, 3.63) is 33.8 Å². The predicted octanol–water partition coefficient (Wildman–Crippen LogP) is 3.08. The van der Waals surface area contributed by atoms with E-state index in [1.807, 2.05) is 12.1 Å². The molecule has 0 spiro atoms. The Morgan fingerprint density at radius 1 is 1.50 bits per heavy atom. The maximum absolute atomic E-state index is 8.47. The second kappa shape index (κ2) is 4.27. The van der Waals surface area contributed by atoms with Crippen molar-refractivity contribution in [3.8, 4) is 6.07 Å². The summed E-state index contributed by atoms with van der Waals surface area (Å²) in [5.74, 6) is 0. The van der Waals surface area contributed by atoms with Crippen LogP contribution in [-0.2, 0) is 12.8 Å². The number of nitrogens with zero attached hydrogens (tertiary/aromatic N) is 1. The topological polar surface area (TPSA) is 23.8 Å². The minimum atomic E-state index is 0.489. The first-order valence-electron chi connectivity index (χ1n) is 3.92. The van der Waals surface area contributed by atoms with Gasteiger partial charge in [-0.1, -0.05) is 35.0 Å². The normalized spacial score (nSPS) is 9.42. The van der Waals surface area contributed by atoms with Gasteiger partial charge in [-0.15, -0.1) is 0 Å². The van der Waals surface area contributed by atoms with E-state index >= 15 is 0 Å². The Kier molecular flexibility index (Phi) is 3.31. The van der Waals surface area contributed by atoms with Crippen molar-refractivity contribution in [2.75, 3.05) is 0 Å². The van der Waals surface area contributed by atoms with E-state index in [4.69, 9.17) is 5.26 Å². The lowest BCUT2D eigenvalue weighted by atomic mass is 10.1. The zero-order valence-corrected chi connectivity index (χ0v) is 8.56. The molecular formula is C10H10BrN. The van der Waals surface area contributed by atoms with E-state index in [0.29, 0.717) is 6.42 Å². The van der Waals surface area contributed by atoms with E-state index in [0.717, 1.165) is 16.5 Å². The SMILES string of the molecule is CCc1ccc(CC#N)cc1Br. The fourth-order valence-electron chi connectivity index (χ4n) is 1.08. The molecule has 0 aliphatic rings. The van der Waals surface area contributed by atoms with Crippen LogP contribution in [0.1, 0.15) is 18.1 Å². The molecule has 1 aromatic rings. The van der Waals surface area contributed by atoms with Gasteiger partial charge in [0.25, 0.3) is 0 Å². The van der Waals surface area contributed by atoms with Gasteiger partial charge >= 0.3 is 0 Å². The zero-order chi connectivity index (χ0) is 8.97. The van der Waals surface area contributed by atoms with Crippen molar-refractivity contribution >= 4 is 15.9 Å². The van der Waals surface area contributed by atoms with Crippen molar-refractivity contribution in [3.63, 3.8) is 0 Å². The molecule has 0 fully saturated rings. The van der Waals surface area contributed by atoms with Gasteiger partial charge in [0, 0.05) is 4.47 Å². The highest BCUT2D eigenvalue weighted by molar-refractivity contribution is 9.10. The summed E-state index contributed by atoms with van der Waals surface area (Å²) in [6.45, 7) is 2.12. The van der Waals surface area contributed by atoms with Gasteiger partial charge in [-0.05, 0) is 23.6 Å². The average molecular weight is 224 g/mol. The Hall–Kier alpha value is -0.810. The third-order valence-electron chi connectivity index (χ3n) is 1.78. The van der Waals surface area contributed by atoms with Crippen molar-refractivity contribution in [1.82, 2.24) is 0 Å². The summed E-state index contributed by atoms with van der Waals surface area (Å²) >= 11 is 3.47. The third kappa shape index (κ3) is 2.09. The second-order valence-corrected chi connectivity index (χ2v) is 3.47. The molecule has 0 amide bonds. The van der Waals surface area contributed by atoms with Crippen molar-refractivity contribution < 1.29 is 0 Å². The Balaban J connectivity index is 2.95. The van der Waals surface area contributed by atoms with Gasteiger partial charge in [-0.25, -0.2) is 0 Å². The molecule has 1 rings (SSSR count). The highest BCUT2D eigenvalue weighted by atomic mass is 79.9. The summed E-state index contributed by atoms with van der Waals surface area (Å²) in [6, 6.07) is 8.22. The van der Waals surface area contributed by atoms with Crippen LogP contribution < -0.4 is 0 Å². The summed E-state index contributed by atoms with van der Waals surface area (Å²) < 4.78 is 1.11. The molecule has 0 aliphatic carbocycles. The van der Waals surface area contributed by atoms with Gasteiger partial charge in [0.15, 0.2) is 0 Å². The Bertz CT molecular complexity index is 312. The van der Waals surface area contributed by atoms with E-state index in [2.05, 4.69) is 35.0 Å². The van der Waals surface area contributed by atoms with E-state index in [-0.39, 0.29) is 0 Å². The van der Waals surface area contributed by atoms with Crippen LogP contribution >= 0.6 is 15.9 Å². The second-order valence-electron chi connectivity index (χ2n) is 2.61. The minimum Gasteiger partial charge on any atom is -0.198 e. The molecule has 62 valence electrons. The summed E-state index contributed by atoms with van der Waals surface area (Å²) in [5.41, 5.74) is 2.36. The summed E-state index contributed by atoms with van der Waals surface area (Å²) in [7, 11) is 0. The maximum atomic E-state index is 8.47. The van der Waals surface area contributed by atoms with Gasteiger partial charge in [0.1, 0.15) is 0 Å². The Labute approximate surface area is 81.2 Å². The number of rotatable bonds is 2. The molecule has 0 heterocycles. The highest BCUT2D eigenvalue weighted by Gasteiger charge is 1.98. The van der Waals surface area contributed by atoms with Crippen LogP contribution in [0.5, 0.6) is 0 Å². The highest BCUT2D eigenvalue weighted by Crippen LogP contribution is 2.19. The predicted molar refractivity (Wildman–Crippen MR) is 52.8 cm³/mol. The van der Waals surface area contributed by atoms with E-state index in [9.17, 15) is 0 Å². The van der Waals surface area contributed by atoms with Crippen LogP contribution in [-0.4, -0.2) is 0 Å². The number of hydrogen-bond donors (Lipinski definition) is 0. The fraction of sp³-hybridized carbons (Fsp3) is 0.300. The van der Waals surface area contributed by atoms with Crippen LogP contribution in [0.15, 0.2) is 22.7 Å². The van der Waals surface area contributed by atoms with Crippen LogP contribution in [0.2, 0.25) is 0 Å². The standard InChI is InChI=1S/C10H10BrN/c1-2-9-4-3-8(5-6-12)7-10(9)11/h3-4,7H,2,5H2,1H3. The molecule has 2 heteroatoms. The lowest BCUT2D eigenvalue weighted by Crippen LogP contribution is -1.86. The first kappa shape index (κ1) is 9.28. The fourth-order valence-corrected chi connectivity index (χ4v) is 1.79. The summed E-state index contributed by atoms with van der Waals surface area (Å²) in [6.07, 6.45) is 1.51. The van der Waals surface area contributed by atoms with Gasteiger partial charge in [0.05, 0.1) is 12.5 Å². The van der Waals surface area contributed by atoms with Crippen molar-refractivity contribution in [1.29, 1.82) is 5.26 Å². The maximum Gasteiger partial charge on any atom is 0.0669 e. The first-order chi connectivity index (χ1) is 5.77. The van der Waals surface area contributed by atoms with Crippen LogP contribution in [0.3, 0.4) is 0 Å². The third-order valence-corrected chi connectivity index (χ3v) is 2.52. The molecule has 0 unspecified atom stereocenters. The molecule has 1 nitrogen and oxygen atoms in total. The van der Waals surface area contributed by atoms with Gasteiger partial charge < -0.3 is 0 Å². The zero-order valence-electron chi connectivity index (χ0n) is 6.97.